The second-order valence-corrected chi connectivity index (χ2v) is 4.45. The maximum Gasteiger partial charge on any atom is 0.182 e. The number of aromatic nitrogens is 4. The molecule has 0 radical (unpaired) electrons. The van der Waals surface area contributed by atoms with E-state index in [0.717, 1.165) is 22.9 Å². The highest BCUT2D eigenvalue weighted by atomic mass is 15.1. The molecule has 0 spiro atoms. The number of imidazole rings is 1. The zero-order valence-electron chi connectivity index (χ0n) is 9.27. The minimum Gasteiger partial charge on any atom is -0.365 e. The van der Waals surface area contributed by atoms with Gasteiger partial charge in [0.2, 0.25) is 0 Å². The van der Waals surface area contributed by atoms with Crippen LogP contribution in [-0.4, -0.2) is 26.0 Å². The summed E-state index contributed by atoms with van der Waals surface area (Å²) in [5.74, 6) is 1.65. The zero-order valence-corrected chi connectivity index (χ0v) is 9.27. The molecule has 2 heterocycles. The molecule has 2 N–H and O–H groups in total. The minimum absolute atomic E-state index is 0.468. The Labute approximate surface area is 93.7 Å². The molecule has 84 valence electrons. The highest BCUT2D eigenvalue weighted by Gasteiger charge is 2.24. The van der Waals surface area contributed by atoms with E-state index in [1.807, 2.05) is 0 Å². The number of hydrogen-bond donors (Lipinski definition) is 2. The largest absolute Gasteiger partial charge is 0.365 e. The third-order valence-corrected chi connectivity index (χ3v) is 3.44. The molecule has 1 saturated carbocycles. The van der Waals surface area contributed by atoms with Crippen molar-refractivity contribution in [3.05, 3.63) is 12.7 Å². The molecule has 16 heavy (non-hydrogen) atoms. The van der Waals surface area contributed by atoms with Gasteiger partial charge in [-0.2, -0.15) is 0 Å². The van der Waals surface area contributed by atoms with Crippen LogP contribution in [0.2, 0.25) is 0 Å². The van der Waals surface area contributed by atoms with Crippen molar-refractivity contribution in [1.82, 2.24) is 19.9 Å². The van der Waals surface area contributed by atoms with E-state index in [-0.39, 0.29) is 0 Å². The smallest absolute Gasteiger partial charge is 0.182 e. The first-order chi connectivity index (χ1) is 7.84. The van der Waals surface area contributed by atoms with Gasteiger partial charge in [0, 0.05) is 6.04 Å². The summed E-state index contributed by atoms with van der Waals surface area (Å²) in [5.41, 5.74) is 1.62. The fourth-order valence-electron chi connectivity index (χ4n) is 2.15. The van der Waals surface area contributed by atoms with E-state index in [2.05, 4.69) is 32.2 Å². The summed E-state index contributed by atoms with van der Waals surface area (Å²) < 4.78 is 0. The Hall–Kier alpha value is -1.65. The van der Waals surface area contributed by atoms with Crippen molar-refractivity contribution in [2.45, 2.75) is 32.2 Å². The number of nitrogens with one attached hydrogen (secondary N) is 2. The van der Waals surface area contributed by atoms with Crippen LogP contribution in [0.1, 0.15) is 26.2 Å². The van der Waals surface area contributed by atoms with Crippen LogP contribution in [0.4, 0.5) is 5.82 Å². The third kappa shape index (κ3) is 1.52. The summed E-state index contributed by atoms with van der Waals surface area (Å²) in [7, 11) is 0. The van der Waals surface area contributed by atoms with Gasteiger partial charge in [-0.1, -0.05) is 6.42 Å². The van der Waals surface area contributed by atoms with E-state index in [4.69, 9.17) is 0 Å². The average Bonchev–Trinajstić information content (AvgIpc) is 2.63. The lowest BCUT2D eigenvalue weighted by molar-refractivity contribution is 0.285. The molecule has 2 aromatic rings. The van der Waals surface area contributed by atoms with Gasteiger partial charge in [0.1, 0.15) is 11.8 Å². The Morgan fingerprint density at radius 2 is 2.25 bits per heavy atom. The molecule has 0 aliphatic heterocycles. The first-order valence-electron chi connectivity index (χ1n) is 5.75. The minimum atomic E-state index is 0.468. The zero-order chi connectivity index (χ0) is 11.0. The first kappa shape index (κ1) is 9.57. The lowest BCUT2D eigenvalue weighted by Gasteiger charge is -2.32. The van der Waals surface area contributed by atoms with Crippen LogP contribution in [0.25, 0.3) is 11.2 Å². The van der Waals surface area contributed by atoms with Gasteiger partial charge in [-0.3, -0.25) is 0 Å². The van der Waals surface area contributed by atoms with Crippen molar-refractivity contribution in [1.29, 1.82) is 0 Å². The van der Waals surface area contributed by atoms with Gasteiger partial charge in [0.05, 0.1) is 6.33 Å². The van der Waals surface area contributed by atoms with Gasteiger partial charge in [0.15, 0.2) is 11.5 Å². The SMILES string of the molecule is CC(Nc1ncnc2nc[nH]c12)C1CCC1. The Morgan fingerprint density at radius 3 is 3.00 bits per heavy atom. The molecular weight excluding hydrogens is 202 g/mol. The predicted molar refractivity (Wildman–Crippen MR) is 62.1 cm³/mol. The molecule has 0 saturated heterocycles. The monoisotopic (exact) mass is 217 g/mol. The van der Waals surface area contributed by atoms with E-state index in [1.165, 1.54) is 19.3 Å². The van der Waals surface area contributed by atoms with Crippen molar-refractivity contribution in [3.8, 4) is 0 Å². The van der Waals surface area contributed by atoms with Crippen molar-refractivity contribution in [2.75, 3.05) is 5.32 Å². The topological polar surface area (TPSA) is 66.5 Å². The van der Waals surface area contributed by atoms with E-state index < -0.39 is 0 Å². The Bertz CT molecular complexity index is 488. The van der Waals surface area contributed by atoms with E-state index in [0.29, 0.717) is 6.04 Å². The Morgan fingerprint density at radius 1 is 1.38 bits per heavy atom. The molecule has 5 nitrogen and oxygen atoms in total. The normalized spacial score (nSPS) is 18.3. The molecule has 3 rings (SSSR count). The van der Waals surface area contributed by atoms with Crippen LogP contribution in [0, 0.1) is 5.92 Å². The number of fused-ring (bicyclic) bond motifs is 1. The van der Waals surface area contributed by atoms with Crippen molar-refractivity contribution in [3.63, 3.8) is 0 Å². The van der Waals surface area contributed by atoms with Crippen molar-refractivity contribution >= 4 is 17.0 Å². The van der Waals surface area contributed by atoms with Crippen LogP contribution in [-0.2, 0) is 0 Å². The number of anilines is 1. The fraction of sp³-hybridized carbons (Fsp3) is 0.545. The Kier molecular flexibility index (Phi) is 2.23. The summed E-state index contributed by atoms with van der Waals surface area (Å²) >= 11 is 0. The van der Waals surface area contributed by atoms with Crippen LogP contribution < -0.4 is 5.32 Å². The molecule has 1 atom stereocenters. The molecule has 1 unspecified atom stereocenters. The van der Waals surface area contributed by atoms with Gasteiger partial charge in [0.25, 0.3) is 0 Å². The van der Waals surface area contributed by atoms with Crippen LogP contribution in [0.3, 0.4) is 0 Å². The second-order valence-electron chi connectivity index (χ2n) is 4.45. The summed E-state index contributed by atoms with van der Waals surface area (Å²) in [6.45, 7) is 2.22. The van der Waals surface area contributed by atoms with Crippen LogP contribution in [0.5, 0.6) is 0 Å². The number of aromatic amines is 1. The molecule has 0 amide bonds. The summed E-state index contributed by atoms with van der Waals surface area (Å²) in [6.07, 6.45) is 7.22. The molecule has 0 aromatic carbocycles. The standard InChI is InChI=1S/C11H15N5/c1-7(8-3-2-4-8)16-11-9-10(13-5-12-9)14-6-15-11/h5-8H,2-4H2,1H3,(H2,12,13,14,15,16). The maximum absolute atomic E-state index is 4.27. The van der Waals surface area contributed by atoms with Crippen LogP contribution >= 0.6 is 0 Å². The predicted octanol–water partition coefficient (Wildman–Crippen LogP) is 1.95. The fourth-order valence-corrected chi connectivity index (χ4v) is 2.15. The molecule has 0 bridgehead atoms. The first-order valence-corrected chi connectivity index (χ1v) is 5.75. The molecule has 5 heteroatoms. The quantitative estimate of drug-likeness (QED) is 0.824. The molecule has 1 aliphatic carbocycles. The van der Waals surface area contributed by atoms with E-state index in [9.17, 15) is 0 Å². The number of rotatable bonds is 3. The highest BCUT2D eigenvalue weighted by molar-refractivity contribution is 5.82. The van der Waals surface area contributed by atoms with Gasteiger partial charge in [-0.05, 0) is 25.7 Å². The Balaban J connectivity index is 1.85. The van der Waals surface area contributed by atoms with Gasteiger partial charge in [-0.25, -0.2) is 15.0 Å². The highest BCUT2D eigenvalue weighted by Crippen LogP contribution is 2.31. The van der Waals surface area contributed by atoms with Crippen LogP contribution in [0.15, 0.2) is 12.7 Å². The maximum atomic E-state index is 4.27. The number of nitrogens with zero attached hydrogens (tertiary/aromatic N) is 3. The number of hydrogen-bond acceptors (Lipinski definition) is 4. The summed E-state index contributed by atoms with van der Waals surface area (Å²) in [5, 5.41) is 3.45. The molecule has 2 aromatic heterocycles. The van der Waals surface area contributed by atoms with E-state index >= 15 is 0 Å². The molecule has 1 fully saturated rings. The van der Waals surface area contributed by atoms with Gasteiger partial charge >= 0.3 is 0 Å². The van der Waals surface area contributed by atoms with Gasteiger partial charge < -0.3 is 10.3 Å². The van der Waals surface area contributed by atoms with Gasteiger partial charge in [-0.15, -0.1) is 0 Å². The van der Waals surface area contributed by atoms with E-state index in [1.54, 1.807) is 12.7 Å². The summed E-state index contributed by atoms with van der Waals surface area (Å²) in [6, 6.07) is 0.468. The molecular formula is C11H15N5. The van der Waals surface area contributed by atoms with Crippen molar-refractivity contribution in [2.24, 2.45) is 5.92 Å². The van der Waals surface area contributed by atoms with Crippen molar-refractivity contribution < 1.29 is 0 Å². The lowest BCUT2D eigenvalue weighted by atomic mass is 9.80. The third-order valence-electron chi connectivity index (χ3n) is 3.44. The second kappa shape index (κ2) is 3.73. The average molecular weight is 217 g/mol. The lowest BCUT2D eigenvalue weighted by Crippen LogP contribution is -2.31. The number of H-pyrrole nitrogens is 1. The summed E-state index contributed by atoms with van der Waals surface area (Å²) in [4.78, 5) is 15.5. The molecule has 1 aliphatic rings.